The van der Waals surface area contributed by atoms with Crippen molar-refractivity contribution in [2.75, 3.05) is 0 Å². The Hall–Kier alpha value is -1.27. The molecule has 1 aliphatic heterocycles. The van der Waals surface area contributed by atoms with Gasteiger partial charge in [-0.3, -0.25) is 4.79 Å². The molecule has 1 aromatic heterocycles. The van der Waals surface area contributed by atoms with Crippen LogP contribution in [-0.4, -0.2) is 21.0 Å². The van der Waals surface area contributed by atoms with E-state index in [1.54, 1.807) is 0 Å². The molecule has 0 saturated heterocycles. The molecule has 2 rings (SSSR count). The first kappa shape index (κ1) is 9.29. The first-order valence-corrected chi connectivity index (χ1v) is 4.61. The second-order valence-corrected chi connectivity index (χ2v) is 3.51. The Labute approximate surface area is 85.2 Å². The fraction of sp³-hybridized carbons (Fsp3) is 0.375. The van der Waals surface area contributed by atoms with Gasteiger partial charge in [-0.1, -0.05) is 0 Å². The summed E-state index contributed by atoms with van der Waals surface area (Å²) >= 11 is 4.91. The van der Waals surface area contributed by atoms with Gasteiger partial charge in [0.05, 0.1) is 12.1 Å². The average Bonchev–Trinajstić information content (AvgIpc) is 2.50. The molecule has 0 fully saturated rings. The largest absolute Gasteiger partial charge is 0.481 e. The minimum Gasteiger partial charge on any atom is -0.481 e. The molecule has 0 atom stereocenters. The number of H-pyrrole nitrogens is 1. The molecule has 6 heteroatoms. The molecular weight excluding hydrogens is 202 g/mol. The Balaban J connectivity index is 2.48. The number of rotatable bonds is 2. The Morgan fingerprint density at radius 1 is 1.57 bits per heavy atom. The molecule has 5 nitrogen and oxygen atoms in total. The number of carboxylic acid groups (broad SMARTS) is 1. The molecular formula is C8H9N3O2S. The summed E-state index contributed by atoms with van der Waals surface area (Å²) in [5, 5.41) is 11.8. The summed E-state index contributed by atoms with van der Waals surface area (Å²) in [7, 11) is 0. The van der Waals surface area contributed by atoms with Gasteiger partial charge in [0, 0.05) is 24.3 Å². The summed E-state index contributed by atoms with van der Waals surface area (Å²) < 4.78 is 0.351. The molecule has 2 heterocycles. The van der Waals surface area contributed by atoms with Gasteiger partial charge in [-0.2, -0.15) is 0 Å². The topological polar surface area (TPSA) is 78.0 Å². The number of nitrogens with zero attached hydrogens (tertiary/aromatic N) is 1. The average molecular weight is 211 g/mol. The molecule has 3 N–H and O–H groups in total. The maximum atomic E-state index is 10.6. The number of hydrogen-bond acceptors (Lipinski definition) is 4. The van der Waals surface area contributed by atoms with Crippen molar-refractivity contribution in [2.45, 2.75) is 19.5 Å². The van der Waals surface area contributed by atoms with Gasteiger partial charge < -0.3 is 15.4 Å². The highest BCUT2D eigenvalue weighted by Crippen LogP contribution is 2.16. The Bertz CT molecular complexity index is 441. The number of aromatic amines is 1. The van der Waals surface area contributed by atoms with Crippen molar-refractivity contribution in [3.63, 3.8) is 0 Å². The first-order chi connectivity index (χ1) is 6.66. The van der Waals surface area contributed by atoms with E-state index in [0.29, 0.717) is 23.6 Å². The number of nitrogens with one attached hydrogen (secondary N) is 2. The molecule has 1 aromatic rings. The van der Waals surface area contributed by atoms with Crippen LogP contribution in [0.25, 0.3) is 0 Å². The van der Waals surface area contributed by atoms with Gasteiger partial charge in [0.15, 0.2) is 4.77 Å². The summed E-state index contributed by atoms with van der Waals surface area (Å²) in [5.41, 5.74) is 2.48. The van der Waals surface area contributed by atoms with Crippen molar-refractivity contribution in [3.05, 3.63) is 21.7 Å². The SMILES string of the molecule is O=C(O)Cc1nc(=S)[nH]c2c1CNC2. The standard InChI is InChI=1S/C8H9N3O2S/c12-7(13)1-5-4-2-9-3-6(4)11-8(14)10-5/h9H,1-3H2,(H,12,13)(H,10,11,14). The lowest BCUT2D eigenvalue weighted by Gasteiger charge is -2.03. The number of aliphatic carboxylic acids is 1. The highest BCUT2D eigenvalue weighted by molar-refractivity contribution is 7.71. The maximum Gasteiger partial charge on any atom is 0.309 e. The minimum absolute atomic E-state index is 0.0671. The first-order valence-electron chi connectivity index (χ1n) is 4.20. The van der Waals surface area contributed by atoms with Crippen LogP contribution in [0.15, 0.2) is 0 Å². The Kier molecular flexibility index (Phi) is 2.30. The predicted octanol–water partition coefficient (Wildman–Crippen LogP) is 0.369. The molecule has 0 radical (unpaired) electrons. The summed E-state index contributed by atoms with van der Waals surface area (Å²) in [5.74, 6) is -0.882. The molecule has 0 unspecified atom stereocenters. The molecule has 0 spiro atoms. The van der Waals surface area contributed by atoms with Crippen molar-refractivity contribution in [3.8, 4) is 0 Å². The van der Waals surface area contributed by atoms with Gasteiger partial charge >= 0.3 is 5.97 Å². The van der Waals surface area contributed by atoms with Gasteiger partial charge in [-0.15, -0.1) is 0 Å². The van der Waals surface area contributed by atoms with Gasteiger partial charge in [0.2, 0.25) is 0 Å². The lowest BCUT2D eigenvalue weighted by molar-refractivity contribution is -0.136. The highest BCUT2D eigenvalue weighted by Gasteiger charge is 2.17. The second kappa shape index (κ2) is 3.47. The Morgan fingerprint density at radius 2 is 2.36 bits per heavy atom. The molecule has 0 aromatic carbocycles. The third kappa shape index (κ3) is 1.66. The van der Waals surface area contributed by atoms with E-state index in [0.717, 1.165) is 11.3 Å². The van der Waals surface area contributed by atoms with Crippen LogP contribution in [-0.2, 0) is 24.3 Å². The van der Waals surface area contributed by atoms with Crippen LogP contribution in [0.3, 0.4) is 0 Å². The van der Waals surface area contributed by atoms with E-state index in [-0.39, 0.29) is 6.42 Å². The zero-order chi connectivity index (χ0) is 10.1. The van der Waals surface area contributed by atoms with Crippen molar-refractivity contribution in [1.82, 2.24) is 15.3 Å². The van der Waals surface area contributed by atoms with Crippen molar-refractivity contribution >= 4 is 18.2 Å². The fourth-order valence-electron chi connectivity index (χ4n) is 1.56. The normalized spacial score (nSPS) is 14.0. The van der Waals surface area contributed by atoms with Crippen LogP contribution >= 0.6 is 12.2 Å². The van der Waals surface area contributed by atoms with E-state index in [4.69, 9.17) is 17.3 Å². The van der Waals surface area contributed by atoms with Gasteiger partial charge in [0.25, 0.3) is 0 Å². The summed E-state index contributed by atoms with van der Waals surface area (Å²) in [6, 6.07) is 0. The molecule has 0 bridgehead atoms. The van der Waals surface area contributed by atoms with Crippen LogP contribution in [0.4, 0.5) is 0 Å². The third-order valence-corrected chi connectivity index (χ3v) is 2.32. The van der Waals surface area contributed by atoms with Gasteiger partial charge in [-0.25, -0.2) is 4.98 Å². The maximum absolute atomic E-state index is 10.6. The molecule has 0 amide bonds. The molecule has 0 aliphatic carbocycles. The molecule has 74 valence electrons. The summed E-state index contributed by atoms with van der Waals surface area (Å²) in [6.07, 6.45) is -0.0671. The van der Waals surface area contributed by atoms with E-state index in [2.05, 4.69) is 15.3 Å². The van der Waals surface area contributed by atoms with Gasteiger partial charge in [0.1, 0.15) is 0 Å². The van der Waals surface area contributed by atoms with E-state index >= 15 is 0 Å². The van der Waals surface area contributed by atoms with E-state index in [9.17, 15) is 4.79 Å². The van der Waals surface area contributed by atoms with Crippen molar-refractivity contribution in [1.29, 1.82) is 0 Å². The van der Waals surface area contributed by atoms with Crippen LogP contribution in [0.5, 0.6) is 0 Å². The highest BCUT2D eigenvalue weighted by atomic mass is 32.1. The fourth-order valence-corrected chi connectivity index (χ4v) is 1.79. The molecule has 1 aliphatic rings. The van der Waals surface area contributed by atoms with Crippen molar-refractivity contribution in [2.24, 2.45) is 0 Å². The summed E-state index contributed by atoms with van der Waals surface area (Å²) in [4.78, 5) is 17.5. The monoisotopic (exact) mass is 211 g/mol. The lowest BCUT2D eigenvalue weighted by atomic mass is 10.1. The van der Waals surface area contributed by atoms with Crippen molar-refractivity contribution < 1.29 is 9.90 Å². The lowest BCUT2D eigenvalue weighted by Crippen LogP contribution is -2.08. The third-order valence-electron chi connectivity index (χ3n) is 2.13. The van der Waals surface area contributed by atoms with E-state index < -0.39 is 5.97 Å². The minimum atomic E-state index is -0.882. The van der Waals surface area contributed by atoms with E-state index in [1.165, 1.54) is 0 Å². The quantitative estimate of drug-likeness (QED) is 0.616. The smallest absolute Gasteiger partial charge is 0.309 e. The number of aromatic nitrogens is 2. The van der Waals surface area contributed by atoms with Crippen LogP contribution in [0.2, 0.25) is 0 Å². The van der Waals surface area contributed by atoms with Crippen LogP contribution in [0, 0.1) is 4.77 Å². The molecule has 0 saturated carbocycles. The number of fused-ring (bicyclic) bond motifs is 1. The zero-order valence-corrected chi connectivity index (χ0v) is 8.15. The second-order valence-electron chi connectivity index (χ2n) is 3.12. The number of hydrogen-bond donors (Lipinski definition) is 3. The summed E-state index contributed by atoms with van der Waals surface area (Å²) in [6.45, 7) is 1.37. The Morgan fingerprint density at radius 3 is 3.07 bits per heavy atom. The zero-order valence-electron chi connectivity index (χ0n) is 7.33. The van der Waals surface area contributed by atoms with Crippen LogP contribution in [0.1, 0.15) is 17.0 Å². The molecule has 14 heavy (non-hydrogen) atoms. The van der Waals surface area contributed by atoms with Crippen LogP contribution < -0.4 is 5.32 Å². The van der Waals surface area contributed by atoms with E-state index in [1.807, 2.05) is 0 Å². The number of carbonyl (C=O) groups is 1. The predicted molar refractivity (Wildman–Crippen MR) is 51.3 cm³/mol. The number of carboxylic acids is 1. The van der Waals surface area contributed by atoms with Gasteiger partial charge in [-0.05, 0) is 12.2 Å².